The van der Waals surface area contributed by atoms with Gasteiger partial charge in [0.15, 0.2) is 6.23 Å². The Labute approximate surface area is 157 Å². The lowest BCUT2D eigenvalue weighted by Gasteiger charge is -2.37. The fourth-order valence-corrected chi connectivity index (χ4v) is 5.03. The SMILES string of the molecule is O=C(NO)O[C@@H]1CCCCN1S(=O)(=O)N1CC=C(c2ccc(F)cc2)CC1. The fraction of sp³-hybridized carbons (Fsp3) is 0.471. The molecule has 1 aromatic rings. The van der Waals surface area contributed by atoms with Crippen LogP contribution in [0.25, 0.3) is 5.57 Å². The molecular weight excluding hydrogens is 377 g/mol. The van der Waals surface area contributed by atoms with Crippen LogP contribution in [0.15, 0.2) is 30.3 Å². The normalized spacial score (nSPS) is 22.1. The van der Waals surface area contributed by atoms with Crippen molar-refractivity contribution in [2.75, 3.05) is 19.6 Å². The lowest BCUT2D eigenvalue weighted by Crippen LogP contribution is -2.53. The van der Waals surface area contributed by atoms with Crippen LogP contribution in [0, 0.1) is 5.82 Å². The van der Waals surface area contributed by atoms with E-state index in [1.807, 2.05) is 6.08 Å². The maximum Gasteiger partial charge on any atom is 0.432 e. The van der Waals surface area contributed by atoms with Gasteiger partial charge < -0.3 is 4.74 Å². The monoisotopic (exact) mass is 399 g/mol. The van der Waals surface area contributed by atoms with Gasteiger partial charge in [0.05, 0.1) is 0 Å². The van der Waals surface area contributed by atoms with Crippen LogP contribution in [-0.2, 0) is 14.9 Å². The number of amides is 1. The van der Waals surface area contributed by atoms with Gasteiger partial charge in [-0.1, -0.05) is 18.2 Å². The lowest BCUT2D eigenvalue weighted by atomic mass is 10.0. The van der Waals surface area contributed by atoms with Gasteiger partial charge in [0, 0.05) is 19.6 Å². The molecule has 1 atom stereocenters. The molecule has 148 valence electrons. The summed E-state index contributed by atoms with van der Waals surface area (Å²) >= 11 is 0. The molecule has 10 heteroatoms. The van der Waals surface area contributed by atoms with Crippen molar-refractivity contribution in [3.05, 3.63) is 41.7 Å². The first-order chi connectivity index (χ1) is 12.9. The Balaban J connectivity index is 1.73. The summed E-state index contributed by atoms with van der Waals surface area (Å²) in [6, 6.07) is 6.10. The zero-order valence-corrected chi connectivity index (χ0v) is 15.5. The van der Waals surface area contributed by atoms with Gasteiger partial charge in [-0.05, 0) is 49.0 Å². The molecule has 27 heavy (non-hydrogen) atoms. The third kappa shape index (κ3) is 4.46. The zero-order chi connectivity index (χ0) is 19.4. The minimum absolute atomic E-state index is 0.185. The maximum absolute atomic E-state index is 13.1. The quantitative estimate of drug-likeness (QED) is 0.597. The summed E-state index contributed by atoms with van der Waals surface area (Å²) < 4.78 is 46.6. The number of halogens is 1. The van der Waals surface area contributed by atoms with E-state index in [1.54, 1.807) is 12.1 Å². The second-order valence-electron chi connectivity index (χ2n) is 6.43. The Hall–Kier alpha value is -2.01. The first-order valence-corrected chi connectivity index (χ1v) is 10.1. The Morgan fingerprint density at radius 1 is 1.22 bits per heavy atom. The second kappa shape index (κ2) is 8.34. The summed E-state index contributed by atoms with van der Waals surface area (Å²) in [5, 5.41) is 8.62. The summed E-state index contributed by atoms with van der Waals surface area (Å²) in [6.45, 7) is 0.710. The summed E-state index contributed by atoms with van der Waals surface area (Å²) in [6.07, 6.45) is 2.05. The van der Waals surface area contributed by atoms with E-state index in [0.29, 0.717) is 19.3 Å². The van der Waals surface area contributed by atoms with Crippen molar-refractivity contribution < 1.29 is 27.5 Å². The van der Waals surface area contributed by atoms with Crippen molar-refractivity contribution in [1.29, 1.82) is 0 Å². The predicted octanol–water partition coefficient (Wildman–Crippen LogP) is 2.09. The van der Waals surface area contributed by atoms with Crippen LogP contribution in [0.5, 0.6) is 0 Å². The summed E-state index contributed by atoms with van der Waals surface area (Å²) in [7, 11) is -3.82. The fourth-order valence-electron chi connectivity index (χ4n) is 3.34. The van der Waals surface area contributed by atoms with Gasteiger partial charge in [-0.15, -0.1) is 0 Å². The highest BCUT2D eigenvalue weighted by Gasteiger charge is 2.39. The van der Waals surface area contributed by atoms with E-state index in [2.05, 4.69) is 0 Å². The second-order valence-corrected chi connectivity index (χ2v) is 8.31. The molecule has 0 aromatic heterocycles. The van der Waals surface area contributed by atoms with Crippen molar-refractivity contribution in [3.63, 3.8) is 0 Å². The molecule has 0 spiro atoms. The summed E-state index contributed by atoms with van der Waals surface area (Å²) in [5.41, 5.74) is 3.19. The molecule has 3 rings (SSSR count). The number of carbonyl (C=O) groups excluding carboxylic acids is 1. The molecule has 8 nitrogen and oxygen atoms in total. The highest BCUT2D eigenvalue weighted by Crippen LogP contribution is 2.28. The molecule has 0 aliphatic carbocycles. The van der Waals surface area contributed by atoms with Crippen molar-refractivity contribution in [1.82, 2.24) is 14.1 Å². The van der Waals surface area contributed by atoms with Gasteiger partial charge in [-0.2, -0.15) is 17.0 Å². The van der Waals surface area contributed by atoms with Crippen LogP contribution in [0.2, 0.25) is 0 Å². The largest absolute Gasteiger partial charge is 0.432 e. The summed E-state index contributed by atoms with van der Waals surface area (Å²) in [4.78, 5) is 11.3. The van der Waals surface area contributed by atoms with E-state index in [0.717, 1.165) is 17.6 Å². The zero-order valence-electron chi connectivity index (χ0n) is 14.7. The first-order valence-electron chi connectivity index (χ1n) is 8.74. The molecule has 1 aromatic carbocycles. The summed E-state index contributed by atoms with van der Waals surface area (Å²) in [5.74, 6) is -0.317. The van der Waals surface area contributed by atoms with Gasteiger partial charge in [0.2, 0.25) is 0 Å². The molecule has 2 aliphatic rings. The number of nitrogens with one attached hydrogen (secondary N) is 1. The molecule has 1 saturated heterocycles. The van der Waals surface area contributed by atoms with Crippen LogP contribution >= 0.6 is 0 Å². The van der Waals surface area contributed by atoms with E-state index in [4.69, 9.17) is 9.94 Å². The molecular formula is C17H22FN3O5S. The van der Waals surface area contributed by atoms with E-state index >= 15 is 0 Å². The molecule has 2 heterocycles. The van der Waals surface area contributed by atoms with Crippen molar-refractivity contribution in [2.45, 2.75) is 31.9 Å². The average Bonchev–Trinajstić information content (AvgIpc) is 2.69. The predicted molar refractivity (Wildman–Crippen MR) is 95.2 cm³/mol. The van der Waals surface area contributed by atoms with E-state index < -0.39 is 22.5 Å². The van der Waals surface area contributed by atoms with Crippen molar-refractivity contribution in [3.8, 4) is 0 Å². The first kappa shape index (κ1) is 19.7. The Morgan fingerprint density at radius 2 is 1.96 bits per heavy atom. The molecule has 0 unspecified atom stereocenters. The number of rotatable bonds is 4. The molecule has 2 N–H and O–H groups in total. The number of piperidine rings is 1. The van der Waals surface area contributed by atoms with Crippen LogP contribution in [0.3, 0.4) is 0 Å². The third-order valence-corrected chi connectivity index (χ3v) is 6.74. The Morgan fingerprint density at radius 3 is 2.59 bits per heavy atom. The van der Waals surface area contributed by atoms with Crippen LogP contribution < -0.4 is 5.48 Å². The van der Waals surface area contributed by atoms with Gasteiger partial charge in [0.25, 0.3) is 10.2 Å². The van der Waals surface area contributed by atoms with E-state index in [-0.39, 0.29) is 25.5 Å². The Kier molecular flexibility index (Phi) is 6.10. The molecule has 1 amide bonds. The van der Waals surface area contributed by atoms with Gasteiger partial charge >= 0.3 is 6.09 Å². The maximum atomic E-state index is 13.1. The van der Waals surface area contributed by atoms with Crippen LogP contribution in [0.1, 0.15) is 31.2 Å². The molecule has 2 aliphatic heterocycles. The standard InChI is InChI=1S/C17H22FN3O5S/c18-15-6-4-13(5-7-15)14-8-11-20(12-9-14)27(24,25)21-10-2-1-3-16(21)26-17(22)19-23/h4-8,16,23H,1-3,9-12H2,(H,19,22)/t16-/m1/s1. The van der Waals surface area contributed by atoms with Crippen LogP contribution in [0.4, 0.5) is 9.18 Å². The topological polar surface area (TPSA) is 99.2 Å². The highest BCUT2D eigenvalue weighted by atomic mass is 32.2. The number of hydroxylamine groups is 1. The number of carbonyl (C=O) groups is 1. The van der Waals surface area contributed by atoms with Crippen molar-refractivity contribution in [2.24, 2.45) is 0 Å². The number of hydrogen-bond acceptors (Lipinski definition) is 5. The minimum Gasteiger partial charge on any atom is -0.428 e. The number of nitrogens with zero attached hydrogens (tertiary/aromatic N) is 2. The molecule has 0 radical (unpaired) electrons. The van der Waals surface area contributed by atoms with Crippen molar-refractivity contribution >= 4 is 21.9 Å². The van der Waals surface area contributed by atoms with E-state index in [9.17, 15) is 17.6 Å². The number of hydrogen-bond donors (Lipinski definition) is 2. The van der Waals surface area contributed by atoms with E-state index in [1.165, 1.54) is 26.2 Å². The molecule has 0 bridgehead atoms. The molecule has 1 fully saturated rings. The smallest absolute Gasteiger partial charge is 0.428 e. The average molecular weight is 399 g/mol. The highest BCUT2D eigenvalue weighted by molar-refractivity contribution is 7.86. The van der Waals surface area contributed by atoms with Gasteiger partial charge in [-0.25, -0.2) is 14.7 Å². The lowest BCUT2D eigenvalue weighted by molar-refractivity contribution is -0.0109. The molecule has 0 saturated carbocycles. The van der Waals surface area contributed by atoms with Crippen LogP contribution in [-0.4, -0.2) is 54.2 Å². The minimum atomic E-state index is -3.82. The Bertz CT molecular complexity index is 812. The number of benzene rings is 1. The van der Waals surface area contributed by atoms with Gasteiger partial charge in [0.1, 0.15) is 5.82 Å². The number of ether oxygens (including phenoxy) is 1. The van der Waals surface area contributed by atoms with Gasteiger partial charge in [-0.3, -0.25) is 5.21 Å². The third-order valence-electron chi connectivity index (χ3n) is 4.74.